The van der Waals surface area contributed by atoms with Crippen molar-refractivity contribution in [1.82, 2.24) is 19.7 Å². The van der Waals surface area contributed by atoms with E-state index in [0.717, 1.165) is 16.8 Å². The van der Waals surface area contributed by atoms with Crippen molar-refractivity contribution in [1.29, 1.82) is 0 Å². The number of hydrogen-bond donors (Lipinski definition) is 0. The van der Waals surface area contributed by atoms with Crippen LogP contribution in [0.4, 0.5) is 0 Å². The minimum Gasteiger partial charge on any atom is -0.483 e. The minimum atomic E-state index is -0.0998. The van der Waals surface area contributed by atoms with Gasteiger partial charge in [-0.05, 0) is 55.3 Å². The van der Waals surface area contributed by atoms with Gasteiger partial charge in [0, 0.05) is 12.1 Å². The highest BCUT2D eigenvalue weighted by molar-refractivity contribution is 6.30. The highest BCUT2D eigenvalue weighted by Crippen LogP contribution is 2.23. The van der Waals surface area contributed by atoms with E-state index in [0.29, 0.717) is 10.8 Å². The van der Waals surface area contributed by atoms with Gasteiger partial charge in [0.2, 0.25) is 0 Å². The van der Waals surface area contributed by atoms with Crippen LogP contribution < -0.4 is 4.74 Å². The summed E-state index contributed by atoms with van der Waals surface area (Å²) in [7, 11) is 1.77. The summed E-state index contributed by atoms with van der Waals surface area (Å²) in [5, 5.41) is 4.75. The summed E-state index contributed by atoms with van der Waals surface area (Å²) in [4.78, 5) is 18.1. The molecule has 0 fully saturated rings. The summed E-state index contributed by atoms with van der Waals surface area (Å²) in [6.45, 7) is 3.85. The van der Waals surface area contributed by atoms with Gasteiger partial charge in [0.15, 0.2) is 6.61 Å². The van der Waals surface area contributed by atoms with Crippen LogP contribution in [0.15, 0.2) is 55.1 Å². The molecule has 1 heterocycles. The Balaban J connectivity index is 1.62. The maximum atomic E-state index is 12.5. The van der Waals surface area contributed by atoms with E-state index in [1.54, 1.807) is 35.1 Å². The van der Waals surface area contributed by atoms with E-state index in [9.17, 15) is 4.79 Å². The second-order valence-electron chi connectivity index (χ2n) is 6.31. The number of nitrogens with zero attached hydrogens (tertiary/aromatic N) is 4. The minimum absolute atomic E-state index is 0.0274. The van der Waals surface area contributed by atoms with Gasteiger partial charge in [0.25, 0.3) is 5.91 Å². The molecule has 1 aromatic heterocycles. The number of carbonyl (C=O) groups excluding carboxylic acids is 1. The molecular formula is C20H21ClN4O2. The van der Waals surface area contributed by atoms with Gasteiger partial charge in [0.05, 0.1) is 11.7 Å². The standard InChI is InChI=1S/C20H21ClN4O2/c1-14-10-17(21)6-9-19(14)27-11-20(26)24(3)15(2)16-4-7-18(8-5-16)25-13-22-12-23-25/h4-10,12-13,15H,11H2,1-3H3/t15-/m0/s1. The molecule has 7 heteroatoms. The van der Waals surface area contributed by atoms with Gasteiger partial charge in [-0.3, -0.25) is 4.79 Å². The number of aromatic nitrogens is 3. The lowest BCUT2D eigenvalue weighted by molar-refractivity contribution is -0.134. The van der Waals surface area contributed by atoms with E-state index in [2.05, 4.69) is 10.1 Å². The van der Waals surface area contributed by atoms with Crippen molar-refractivity contribution in [3.05, 3.63) is 71.3 Å². The molecule has 0 saturated carbocycles. The van der Waals surface area contributed by atoms with Crippen LogP contribution in [0.1, 0.15) is 24.1 Å². The first kappa shape index (κ1) is 18.9. The lowest BCUT2D eigenvalue weighted by atomic mass is 10.1. The lowest BCUT2D eigenvalue weighted by Crippen LogP contribution is -2.33. The molecule has 3 aromatic rings. The van der Waals surface area contributed by atoms with Crippen LogP contribution >= 0.6 is 11.6 Å². The number of likely N-dealkylation sites (N-methyl/N-ethyl adjacent to an activating group) is 1. The van der Waals surface area contributed by atoms with Gasteiger partial charge in [-0.15, -0.1) is 0 Å². The number of amides is 1. The van der Waals surface area contributed by atoms with Crippen LogP contribution in [-0.4, -0.2) is 39.2 Å². The first-order valence-electron chi connectivity index (χ1n) is 8.55. The van der Waals surface area contributed by atoms with E-state index >= 15 is 0 Å². The summed E-state index contributed by atoms with van der Waals surface area (Å²) in [6, 6.07) is 13.1. The molecule has 0 aliphatic carbocycles. The molecule has 2 aromatic carbocycles. The predicted molar refractivity (Wildman–Crippen MR) is 104 cm³/mol. The first-order chi connectivity index (χ1) is 13.0. The Bertz CT molecular complexity index is 910. The number of benzene rings is 2. The number of halogens is 1. The molecule has 0 radical (unpaired) electrons. The Morgan fingerprint density at radius 3 is 2.63 bits per heavy atom. The molecule has 1 amide bonds. The Labute approximate surface area is 163 Å². The SMILES string of the molecule is Cc1cc(Cl)ccc1OCC(=O)N(C)[C@@H](C)c1ccc(-n2cncn2)cc1. The molecular weight excluding hydrogens is 364 g/mol. The molecule has 1 atom stereocenters. The number of rotatable bonds is 6. The largest absolute Gasteiger partial charge is 0.483 e. The third kappa shape index (κ3) is 4.46. The maximum Gasteiger partial charge on any atom is 0.260 e. The summed E-state index contributed by atoms with van der Waals surface area (Å²) in [5.41, 5.74) is 2.84. The average Bonchev–Trinajstić information content (AvgIpc) is 3.21. The number of hydrogen-bond acceptors (Lipinski definition) is 4. The summed E-state index contributed by atoms with van der Waals surface area (Å²) < 4.78 is 7.35. The van der Waals surface area contributed by atoms with E-state index in [1.807, 2.05) is 44.2 Å². The van der Waals surface area contributed by atoms with E-state index in [1.165, 1.54) is 6.33 Å². The molecule has 3 rings (SSSR count). The second-order valence-corrected chi connectivity index (χ2v) is 6.75. The highest BCUT2D eigenvalue weighted by atomic mass is 35.5. The second kappa shape index (κ2) is 8.22. The molecule has 6 nitrogen and oxygen atoms in total. The van der Waals surface area contributed by atoms with Crippen LogP contribution in [0.2, 0.25) is 5.02 Å². The number of aryl methyl sites for hydroxylation is 1. The van der Waals surface area contributed by atoms with Crippen LogP contribution in [0.25, 0.3) is 5.69 Å². The zero-order valence-corrected chi connectivity index (χ0v) is 16.2. The molecule has 0 bridgehead atoms. The Hall–Kier alpha value is -2.86. The van der Waals surface area contributed by atoms with Crippen molar-refractivity contribution in [2.24, 2.45) is 0 Å². The number of ether oxygens (including phenoxy) is 1. The summed E-state index contributed by atoms with van der Waals surface area (Å²) in [5.74, 6) is 0.559. The first-order valence-corrected chi connectivity index (χ1v) is 8.93. The monoisotopic (exact) mass is 384 g/mol. The van der Waals surface area contributed by atoms with Gasteiger partial charge in [-0.2, -0.15) is 5.10 Å². The fraction of sp³-hybridized carbons (Fsp3) is 0.250. The fourth-order valence-electron chi connectivity index (χ4n) is 2.70. The molecule has 0 aliphatic heterocycles. The van der Waals surface area contributed by atoms with Crippen molar-refractivity contribution >= 4 is 17.5 Å². The van der Waals surface area contributed by atoms with Gasteiger partial charge >= 0.3 is 0 Å². The van der Waals surface area contributed by atoms with Crippen LogP contribution in [-0.2, 0) is 4.79 Å². The zero-order valence-electron chi connectivity index (χ0n) is 15.5. The van der Waals surface area contributed by atoms with Crippen molar-refractivity contribution in [3.63, 3.8) is 0 Å². The van der Waals surface area contributed by atoms with Crippen LogP contribution in [0.5, 0.6) is 5.75 Å². The van der Waals surface area contributed by atoms with Crippen molar-refractivity contribution < 1.29 is 9.53 Å². The van der Waals surface area contributed by atoms with Crippen molar-refractivity contribution in [3.8, 4) is 11.4 Å². The summed E-state index contributed by atoms with van der Waals surface area (Å²) >= 11 is 5.94. The normalized spacial score (nSPS) is 11.9. The topological polar surface area (TPSA) is 60.2 Å². The quantitative estimate of drug-likeness (QED) is 0.648. The third-order valence-corrected chi connectivity index (χ3v) is 4.76. The van der Waals surface area contributed by atoms with Crippen LogP contribution in [0.3, 0.4) is 0 Å². The van der Waals surface area contributed by atoms with E-state index < -0.39 is 0 Å². The van der Waals surface area contributed by atoms with Crippen molar-refractivity contribution in [2.75, 3.05) is 13.7 Å². The molecule has 27 heavy (non-hydrogen) atoms. The third-order valence-electron chi connectivity index (χ3n) is 4.52. The maximum absolute atomic E-state index is 12.5. The Kier molecular flexibility index (Phi) is 5.76. The molecule has 0 saturated heterocycles. The molecule has 0 aliphatic rings. The van der Waals surface area contributed by atoms with Gasteiger partial charge in [-0.25, -0.2) is 9.67 Å². The molecule has 0 unspecified atom stereocenters. The Morgan fingerprint density at radius 1 is 1.26 bits per heavy atom. The Morgan fingerprint density at radius 2 is 2.00 bits per heavy atom. The zero-order chi connectivity index (χ0) is 19.4. The smallest absolute Gasteiger partial charge is 0.260 e. The lowest BCUT2D eigenvalue weighted by Gasteiger charge is -2.25. The van der Waals surface area contributed by atoms with Crippen molar-refractivity contribution in [2.45, 2.75) is 19.9 Å². The van der Waals surface area contributed by atoms with Crippen LogP contribution in [0, 0.1) is 6.92 Å². The van der Waals surface area contributed by atoms with Gasteiger partial charge in [-0.1, -0.05) is 23.7 Å². The number of carbonyl (C=O) groups is 1. The molecule has 0 spiro atoms. The fourth-order valence-corrected chi connectivity index (χ4v) is 2.93. The summed E-state index contributed by atoms with van der Waals surface area (Å²) in [6.07, 6.45) is 3.13. The predicted octanol–water partition coefficient (Wildman–Crippen LogP) is 3.83. The van der Waals surface area contributed by atoms with Gasteiger partial charge in [0.1, 0.15) is 18.4 Å². The molecule has 0 N–H and O–H groups in total. The average molecular weight is 385 g/mol. The molecule has 140 valence electrons. The van der Waals surface area contributed by atoms with E-state index in [-0.39, 0.29) is 18.6 Å². The van der Waals surface area contributed by atoms with E-state index in [4.69, 9.17) is 16.3 Å². The highest BCUT2D eigenvalue weighted by Gasteiger charge is 2.18. The van der Waals surface area contributed by atoms with Gasteiger partial charge < -0.3 is 9.64 Å².